The van der Waals surface area contributed by atoms with Crippen LogP contribution in [0.5, 0.6) is 11.5 Å². The number of carbonyl (C=O) groups is 1. The van der Waals surface area contributed by atoms with Crippen molar-refractivity contribution in [1.29, 1.82) is 0 Å². The van der Waals surface area contributed by atoms with E-state index in [0.29, 0.717) is 18.1 Å². The zero-order valence-corrected chi connectivity index (χ0v) is 18.8. The Morgan fingerprint density at radius 3 is 2.57 bits per heavy atom. The third kappa shape index (κ3) is 5.74. The van der Waals surface area contributed by atoms with Crippen molar-refractivity contribution in [2.75, 3.05) is 12.4 Å². The molecule has 0 atom stereocenters. The van der Waals surface area contributed by atoms with Gasteiger partial charge in [-0.25, -0.2) is 0 Å². The van der Waals surface area contributed by atoms with Crippen molar-refractivity contribution in [2.24, 2.45) is 0 Å². The van der Waals surface area contributed by atoms with Gasteiger partial charge in [0.2, 0.25) is 5.91 Å². The van der Waals surface area contributed by atoms with Crippen molar-refractivity contribution in [3.8, 4) is 11.5 Å². The Labute approximate surface area is 185 Å². The van der Waals surface area contributed by atoms with Crippen LogP contribution in [0.4, 0.5) is 5.69 Å². The number of hydrogen-bond donors (Lipinski definition) is 1. The summed E-state index contributed by atoms with van der Waals surface area (Å²) in [7, 11) is 1.60. The van der Waals surface area contributed by atoms with Crippen LogP contribution in [0.25, 0.3) is 6.08 Å². The molecule has 0 aliphatic carbocycles. The van der Waals surface area contributed by atoms with Crippen LogP contribution in [0.1, 0.15) is 22.3 Å². The van der Waals surface area contributed by atoms with Gasteiger partial charge in [0.1, 0.15) is 6.61 Å². The van der Waals surface area contributed by atoms with Crippen LogP contribution in [0.2, 0.25) is 0 Å². The van der Waals surface area contributed by atoms with E-state index in [1.165, 1.54) is 6.08 Å². The summed E-state index contributed by atoms with van der Waals surface area (Å²) >= 11 is 3.43. The van der Waals surface area contributed by atoms with Crippen molar-refractivity contribution in [1.82, 2.24) is 0 Å². The first-order valence-corrected chi connectivity index (χ1v) is 10.4. The Bertz CT molecular complexity index is 1060. The minimum absolute atomic E-state index is 0.203. The predicted molar refractivity (Wildman–Crippen MR) is 125 cm³/mol. The molecule has 3 aromatic rings. The number of aryl methyl sites for hydroxylation is 2. The van der Waals surface area contributed by atoms with E-state index in [1.807, 2.05) is 74.5 Å². The highest BCUT2D eigenvalue weighted by Gasteiger charge is 2.10. The highest BCUT2D eigenvalue weighted by atomic mass is 79.9. The molecule has 5 heteroatoms. The van der Waals surface area contributed by atoms with Crippen LogP contribution in [0.15, 0.2) is 71.2 Å². The number of hydrogen-bond acceptors (Lipinski definition) is 3. The lowest BCUT2D eigenvalue weighted by molar-refractivity contribution is -0.111. The summed E-state index contributed by atoms with van der Waals surface area (Å²) in [6.07, 6.45) is 3.24. The van der Waals surface area contributed by atoms with E-state index in [9.17, 15) is 4.79 Å². The quantitative estimate of drug-likeness (QED) is 0.416. The highest BCUT2D eigenvalue weighted by Crippen LogP contribution is 2.33. The number of halogens is 1. The second-order valence-electron chi connectivity index (χ2n) is 6.93. The second kappa shape index (κ2) is 10.1. The fourth-order valence-electron chi connectivity index (χ4n) is 2.93. The van der Waals surface area contributed by atoms with E-state index >= 15 is 0 Å². The predicted octanol–water partition coefficient (Wildman–Crippen LogP) is 6.31. The maximum atomic E-state index is 12.5. The number of nitrogens with one attached hydrogen (secondary N) is 1. The van der Waals surface area contributed by atoms with Gasteiger partial charge in [-0.3, -0.25) is 4.79 Å². The normalized spacial score (nSPS) is 10.8. The molecule has 0 fully saturated rings. The molecule has 0 spiro atoms. The lowest BCUT2D eigenvalue weighted by Crippen LogP contribution is -2.09. The zero-order chi connectivity index (χ0) is 21.5. The summed E-state index contributed by atoms with van der Waals surface area (Å²) in [5.41, 5.74) is 4.72. The topological polar surface area (TPSA) is 47.6 Å². The molecule has 0 bridgehead atoms. The molecule has 0 heterocycles. The molecule has 1 amide bonds. The summed E-state index contributed by atoms with van der Waals surface area (Å²) in [5, 5.41) is 2.93. The number of amides is 1. The minimum Gasteiger partial charge on any atom is -0.493 e. The van der Waals surface area contributed by atoms with E-state index in [0.717, 1.165) is 32.4 Å². The Hall–Kier alpha value is -3.05. The number of methoxy groups -OCH3 is 1. The van der Waals surface area contributed by atoms with Crippen LogP contribution in [0.3, 0.4) is 0 Å². The van der Waals surface area contributed by atoms with E-state index < -0.39 is 0 Å². The summed E-state index contributed by atoms with van der Waals surface area (Å²) < 4.78 is 12.5. The Morgan fingerprint density at radius 1 is 1.07 bits per heavy atom. The summed E-state index contributed by atoms with van der Waals surface area (Å²) in [4.78, 5) is 12.5. The van der Waals surface area contributed by atoms with Crippen LogP contribution >= 0.6 is 15.9 Å². The van der Waals surface area contributed by atoms with Crippen molar-refractivity contribution < 1.29 is 14.3 Å². The molecule has 0 radical (unpaired) electrons. The van der Waals surface area contributed by atoms with Gasteiger partial charge in [0.05, 0.1) is 7.11 Å². The molecular formula is C25H24BrNO3. The Balaban J connectivity index is 1.76. The van der Waals surface area contributed by atoms with Crippen molar-refractivity contribution in [2.45, 2.75) is 20.5 Å². The van der Waals surface area contributed by atoms with Crippen molar-refractivity contribution >= 4 is 33.6 Å². The lowest BCUT2D eigenvalue weighted by atomic mass is 10.1. The lowest BCUT2D eigenvalue weighted by Gasteiger charge is -2.13. The molecule has 0 unspecified atom stereocenters. The molecule has 3 rings (SSSR count). The first kappa shape index (κ1) is 21.7. The third-order valence-corrected chi connectivity index (χ3v) is 5.12. The molecule has 4 nitrogen and oxygen atoms in total. The molecule has 0 saturated heterocycles. The van der Waals surface area contributed by atoms with Gasteiger partial charge < -0.3 is 14.8 Å². The van der Waals surface area contributed by atoms with Crippen LogP contribution in [-0.2, 0) is 11.4 Å². The van der Waals surface area contributed by atoms with Gasteiger partial charge in [-0.05, 0) is 60.9 Å². The largest absolute Gasteiger partial charge is 0.493 e. The van der Waals surface area contributed by atoms with Gasteiger partial charge in [0.25, 0.3) is 0 Å². The van der Waals surface area contributed by atoms with Gasteiger partial charge in [-0.15, -0.1) is 0 Å². The van der Waals surface area contributed by atoms with Gasteiger partial charge >= 0.3 is 0 Å². The number of anilines is 1. The molecule has 30 heavy (non-hydrogen) atoms. The molecule has 0 aliphatic rings. The van der Waals surface area contributed by atoms with Gasteiger partial charge in [0.15, 0.2) is 11.5 Å². The summed E-state index contributed by atoms with van der Waals surface area (Å²) in [5.74, 6) is 1.01. The first-order valence-electron chi connectivity index (χ1n) is 9.57. The maximum Gasteiger partial charge on any atom is 0.248 e. The van der Waals surface area contributed by atoms with E-state index in [-0.39, 0.29) is 5.91 Å². The van der Waals surface area contributed by atoms with E-state index in [4.69, 9.17) is 9.47 Å². The minimum atomic E-state index is -0.203. The molecule has 1 N–H and O–H groups in total. The number of para-hydroxylation sites is 1. The first-order chi connectivity index (χ1) is 14.5. The smallest absolute Gasteiger partial charge is 0.248 e. The van der Waals surface area contributed by atoms with Crippen molar-refractivity contribution in [3.05, 3.63) is 93.5 Å². The van der Waals surface area contributed by atoms with Crippen LogP contribution in [0, 0.1) is 13.8 Å². The SMILES string of the molecule is COc1cccc(/C=C/C(=O)Nc2cc(C)ccc2C)c1OCc1ccc(Br)cc1. The summed E-state index contributed by atoms with van der Waals surface area (Å²) in [6, 6.07) is 19.5. The monoisotopic (exact) mass is 465 g/mol. The molecule has 154 valence electrons. The van der Waals surface area contributed by atoms with E-state index in [2.05, 4.69) is 21.2 Å². The maximum absolute atomic E-state index is 12.5. The standard InChI is InChI=1S/C25H24BrNO3/c1-17-7-8-18(2)22(15-17)27-24(28)14-11-20-5-4-6-23(29-3)25(20)30-16-19-9-12-21(26)13-10-19/h4-15H,16H2,1-3H3,(H,27,28)/b14-11+. The summed E-state index contributed by atoms with van der Waals surface area (Å²) in [6.45, 7) is 4.36. The molecule has 0 aliphatic heterocycles. The molecular weight excluding hydrogens is 442 g/mol. The Kier molecular flexibility index (Phi) is 7.31. The molecule has 0 aromatic heterocycles. The fourth-order valence-corrected chi connectivity index (χ4v) is 3.19. The number of carbonyl (C=O) groups excluding carboxylic acids is 1. The zero-order valence-electron chi connectivity index (χ0n) is 17.2. The fraction of sp³-hybridized carbons (Fsp3) is 0.160. The van der Waals surface area contributed by atoms with Crippen molar-refractivity contribution in [3.63, 3.8) is 0 Å². The second-order valence-corrected chi connectivity index (χ2v) is 7.85. The average Bonchev–Trinajstić information content (AvgIpc) is 2.74. The average molecular weight is 466 g/mol. The molecule has 3 aromatic carbocycles. The highest BCUT2D eigenvalue weighted by molar-refractivity contribution is 9.10. The van der Waals surface area contributed by atoms with Gasteiger partial charge in [0, 0.05) is 21.8 Å². The third-order valence-electron chi connectivity index (χ3n) is 4.59. The van der Waals surface area contributed by atoms with Crippen LogP contribution < -0.4 is 14.8 Å². The number of benzene rings is 3. The van der Waals surface area contributed by atoms with Crippen LogP contribution in [-0.4, -0.2) is 13.0 Å². The number of ether oxygens (including phenoxy) is 2. The number of rotatable bonds is 7. The Morgan fingerprint density at radius 2 is 1.83 bits per heavy atom. The van der Waals surface area contributed by atoms with Gasteiger partial charge in [-0.1, -0.05) is 52.3 Å². The van der Waals surface area contributed by atoms with Gasteiger partial charge in [-0.2, -0.15) is 0 Å². The van der Waals surface area contributed by atoms with E-state index in [1.54, 1.807) is 13.2 Å². The molecule has 0 saturated carbocycles.